The SMILES string of the molecule is O=C(NC1(C(=O)NC(Cc2ccc(-c3ccccc3)cc2)C(=O)O)CCCC1)C(S)Cc1ccc2ccccc2c1. The smallest absolute Gasteiger partial charge is 0.326 e. The van der Waals surface area contributed by atoms with Crippen molar-refractivity contribution in [1.29, 1.82) is 0 Å². The Hall–Kier alpha value is -4.10. The van der Waals surface area contributed by atoms with Crippen LogP contribution in [0.3, 0.4) is 0 Å². The van der Waals surface area contributed by atoms with Gasteiger partial charge in [-0.25, -0.2) is 4.79 Å². The molecule has 1 saturated carbocycles. The number of carboxylic acids is 1. The molecule has 0 saturated heterocycles. The molecule has 3 N–H and O–H groups in total. The first kappa shape index (κ1) is 28.4. The van der Waals surface area contributed by atoms with Crippen molar-refractivity contribution >= 4 is 41.2 Å². The first-order valence-electron chi connectivity index (χ1n) is 14.0. The minimum absolute atomic E-state index is 0.136. The van der Waals surface area contributed by atoms with Gasteiger partial charge in [-0.1, -0.05) is 110 Å². The number of carboxylic acid groups (broad SMARTS) is 1. The largest absolute Gasteiger partial charge is 0.480 e. The van der Waals surface area contributed by atoms with E-state index in [2.05, 4.69) is 23.3 Å². The summed E-state index contributed by atoms with van der Waals surface area (Å²) in [4.78, 5) is 39.0. The number of aliphatic carboxylic acids is 1. The normalized spacial score (nSPS) is 15.6. The minimum Gasteiger partial charge on any atom is -0.480 e. The van der Waals surface area contributed by atoms with Gasteiger partial charge in [0.2, 0.25) is 11.8 Å². The molecular formula is C34H34N2O4S. The number of benzene rings is 4. The van der Waals surface area contributed by atoms with Crippen LogP contribution in [0.4, 0.5) is 0 Å². The number of hydrogen-bond donors (Lipinski definition) is 4. The van der Waals surface area contributed by atoms with Crippen LogP contribution in [0, 0.1) is 0 Å². The predicted molar refractivity (Wildman–Crippen MR) is 165 cm³/mol. The number of thiol groups is 1. The summed E-state index contributed by atoms with van der Waals surface area (Å²) in [6, 6.07) is 30.6. The molecule has 2 atom stereocenters. The van der Waals surface area contributed by atoms with Crippen molar-refractivity contribution in [1.82, 2.24) is 10.6 Å². The van der Waals surface area contributed by atoms with Crippen molar-refractivity contribution in [2.45, 2.75) is 55.4 Å². The maximum Gasteiger partial charge on any atom is 0.326 e. The summed E-state index contributed by atoms with van der Waals surface area (Å²) in [7, 11) is 0. The quantitative estimate of drug-likeness (QED) is 0.188. The number of rotatable bonds is 10. The van der Waals surface area contributed by atoms with Crippen molar-refractivity contribution in [2.24, 2.45) is 0 Å². The second kappa shape index (κ2) is 12.6. The van der Waals surface area contributed by atoms with E-state index in [4.69, 9.17) is 0 Å². The summed E-state index contributed by atoms with van der Waals surface area (Å²) in [5.74, 6) is -1.90. The highest BCUT2D eigenvalue weighted by molar-refractivity contribution is 7.81. The van der Waals surface area contributed by atoms with Crippen LogP contribution in [0.25, 0.3) is 21.9 Å². The highest BCUT2D eigenvalue weighted by Crippen LogP contribution is 2.31. The molecule has 1 aliphatic carbocycles. The van der Waals surface area contributed by atoms with Crippen molar-refractivity contribution in [3.8, 4) is 11.1 Å². The van der Waals surface area contributed by atoms with Crippen LogP contribution in [0.15, 0.2) is 97.1 Å². The van der Waals surface area contributed by atoms with Gasteiger partial charge in [-0.2, -0.15) is 12.6 Å². The Balaban J connectivity index is 1.24. The maximum absolute atomic E-state index is 13.6. The maximum atomic E-state index is 13.6. The van der Waals surface area contributed by atoms with Gasteiger partial charge in [0.25, 0.3) is 0 Å². The lowest BCUT2D eigenvalue weighted by atomic mass is 9.94. The Morgan fingerprint density at radius 3 is 2.05 bits per heavy atom. The van der Waals surface area contributed by atoms with Gasteiger partial charge in [-0.15, -0.1) is 0 Å². The molecule has 5 rings (SSSR count). The zero-order chi connectivity index (χ0) is 28.8. The van der Waals surface area contributed by atoms with E-state index >= 15 is 0 Å². The van der Waals surface area contributed by atoms with Gasteiger partial charge in [0.15, 0.2) is 0 Å². The Kier molecular flexibility index (Phi) is 8.74. The van der Waals surface area contributed by atoms with E-state index in [1.807, 2.05) is 97.1 Å². The van der Waals surface area contributed by atoms with Crippen molar-refractivity contribution in [3.63, 3.8) is 0 Å². The Morgan fingerprint density at radius 2 is 1.37 bits per heavy atom. The summed E-state index contributed by atoms with van der Waals surface area (Å²) in [5, 5.41) is 17.2. The molecule has 1 fully saturated rings. The van der Waals surface area contributed by atoms with Crippen LogP contribution in [0.5, 0.6) is 0 Å². The Morgan fingerprint density at radius 1 is 0.756 bits per heavy atom. The molecule has 0 heterocycles. The van der Waals surface area contributed by atoms with Gasteiger partial charge in [0.1, 0.15) is 11.6 Å². The molecule has 4 aromatic carbocycles. The molecule has 1 aliphatic rings. The average Bonchev–Trinajstić information content (AvgIpc) is 3.47. The molecule has 0 radical (unpaired) electrons. The zero-order valence-corrected chi connectivity index (χ0v) is 23.6. The molecule has 2 amide bonds. The fourth-order valence-corrected chi connectivity index (χ4v) is 5.86. The fraction of sp³-hybridized carbons (Fsp3) is 0.265. The van der Waals surface area contributed by atoms with Crippen molar-refractivity contribution in [2.75, 3.05) is 0 Å². The molecule has 0 spiro atoms. The fourth-order valence-electron chi connectivity index (χ4n) is 5.58. The molecule has 4 aromatic rings. The van der Waals surface area contributed by atoms with Gasteiger partial charge in [-0.3, -0.25) is 9.59 Å². The zero-order valence-electron chi connectivity index (χ0n) is 22.8. The third-order valence-corrected chi connectivity index (χ3v) is 8.32. The lowest BCUT2D eigenvalue weighted by molar-refractivity contribution is -0.143. The molecule has 7 heteroatoms. The van der Waals surface area contributed by atoms with E-state index in [9.17, 15) is 19.5 Å². The molecule has 41 heavy (non-hydrogen) atoms. The van der Waals surface area contributed by atoms with Crippen molar-refractivity contribution in [3.05, 3.63) is 108 Å². The second-order valence-electron chi connectivity index (χ2n) is 10.8. The van der Waals surface area contributed by atoms with Gasteiger partial charge in [-0.05, 0) is 52.3 Å². The van der Waals surface area contributed by atoms with E-state index in [1.165, 1.54) is 0 Å². The lowest BCUT2D eigenvalue weighted by Crippen LogP contribution is -2.61. The van der Waals surface area contributed by atoms with Crippen LogP contribution < -0.4 is 10.6 Å². The van der Waals surface area contributed by atoms with Crippen LogP contribution in [0.1, 0.15) is 36.8 Å². The Bertz CT molecular complexity index is 1530. The first-order valence-corrected chi connectivity index (χ1v) is 14.5. The number of nitrogens with one attached hydrogen (secondary N) is 2. The van der Waals surface area contributed by atoms with Crippen LogP contribution in [-0.4, -0.2) is 39.7 Å². The standard InChI is InChI=1S/C34H34N2O4S/c37-31(30(41)22-24-14-17-26-10-4-5-11-28(26)20-24)36-34(18-6-7-19-34)33(40)35-29(32(38)39)21-23-12-15-27(16-13-23)25-8-2-1-3-9-25/h1-5,8-17,20,29-30,41H,6-7,18-19,21-22H2,(H,35,40)(H,36,37)(H,38,39). The molecule has 6 nitrogen and oxygen atoms in total. The monoisotopic (exact) mass is 566 g/mol. The number of carbonyl (C=O) groups is 3. The lowest BCUT2D eigenvalue weighted by Gasteiger charge is -2.31. The third-order valence-electron chi connectivity index (χ3n) is 7.90. The second-order valence-corrected chi connectivity index (χ2v) is 11.4. The summed E-state index contributed by atoms with van der Waals surface area (Å²) >= 11 is 4.57. The Labute approximate surface area is 245 Å². The summed E-state index contributed by atoms with van der Waals surface area (Å²) in [6.45, 7) is 0. The predicted octanol–water partition coefficient (Wildman–Crippen LogP) is 5.59. The van der Waals surface area contributed by atoms with Crippen LogP contribution in [0.2, 0.25) is 0 Å². The number of fused-ring (bicyclic) bond motifs is 1. The highest BCUT2D eigenvalue weighted by Gasteiger charge is 2.44. The molecular weight excluding hydrogens is 532 g/mol. The molecule has 0 aromatic heterocycles. The third kappa shape index (κ3) is 6.80. The first-order chi connectivity index (χ1) is 19.8. The molecule has 0 aliphatic heterocycles. The minimum atomic E-state index is -1.15. The van der Waals surface area contributed by atoms with Gasteiger partial charge < -0.3 is 15.7 Å². The molecule has 0 bridgehead atoms. The van der Waals surface area contributed by atoms with Crippen molar-refractivity contribution < 1.29 is 19.5 Å². The van der Waals surface area contributed by atoms with E-state index < -0.39 is 28.7 Å². The van der Waals surface area contributed by atoms with E-state index in [-0.39, 0.29) is 12.3 Å². The van der Waals surface area contributed by atoms with Gasteiger partial charge in [0.05, 0.1) is 5.25 Å². The highest BCUT2D eigenvalue weighted by atomic mass is 32.1. The van der Waals surface area contributed by atoms with E-state index in [0.717, 1.165) is 45.9 Å². The summed E-state index contributed by atoms with van der Waals surface area (Å²) < 4.78 is 0. The molecule has 210 valence electrons. The summed E-state index contributed by atoms with van der Waals surface area (Å²) in [6.07, 6.45) is 3.01. The van der Waals surface area contributed by atoms with Gasteiger partial charge in [0, 0.05) is 6.42 Å². The number of carbonyl (C=O) groups excluding carboxylic acids is 2. The average molecular weight is 567 g/mol. The van der Waals surface area contributed by atoms with E-state index in [1.54, 1.807) is 0 Å². The summed E-state index contributed by atoms with van der Waals surface area (Å²) in [5.41, 5.74) is 2.74. The number of hydrogen-bond acceptors (Lipinski definition) is 4. The topological polar surface area (TPSA) is 95.5 Å². The van der Waals surface area contributed by atoms with Gasteiger partial charge >= 0.3 is 5.97 Å². The van der Waals surface area contributed by atoms with Crippen LogP contribution >= 0.6 is 12.6 Å². The molecule has 2 unspecified atom stereocenters. The van der Waals surface area contributed by atoms with E-state index in [0.29, 0.717) is 19.3 Å². The van der Waals surface area contributed by atoms with Crippen LogP contribution in [-0.2, 0) is 27.2 Å². The number of amides is 2.